The zero-order chi connectivity index (χ0) is 9.97. The quantitative estimate of drug-likeness (QED) is 0.750. The van der Waals surface area contributed by atoms with Gasteiger partial charge in [-0.2, -0.15) is 4.98 Å². The van der Waals surface area contributed by atoms with E-state index in [1.54, 1.807) is 0 Å². The molecule has 2 unspecified atom stereocenters. The molecule has 2 rings (SSSR count). The minimum Gasteiger partial charge on any atom is -0.338 e. The minimum atomic E-state index is 0.280. The van der Waals surface area contributed by atoms with Gasteiger partial charge < -0.3 is 10.3 Å². The summed E-state index contributed by atoms with van der Waals surface area (Å²) in [7, 11) is 0. The molecule has 0 saturated carbocycles. The zero-order valence-electron chi connectivity index (χ0n) is 8.39. The van der Waals surface area contributed by atoms with Crippen LogP contribution in [-0.4, -0.2) is 34.2 Å². The van der Waals surface area contributed by atoms with Gasteiger partial charge in [-0.05, 0) is 25.8 Å². The largest absolute Gasteiger partial charge is 0.338 e. The molecule has 78 valence electrons. The molecule has 0 aliphatic carbocycles. The molecule has 0 bridgehead atoms. The van der Waals surface area contributed by atoms with Crippen LogP contribution in [-0.2, 0) is 6.54 Å². The molecule has 1 fully saturated rings. The van der Waals surface area contributed by atoms with E-state index in [0.717, 1.165) is 19.6 Å². The van der Waals surface area contributed by atoms with Crippen molar-refractivity contribution in [3.63, 3.8) is 0 Å². The number of nitrogens with zero attached hydrogens (tertiary/aromatic N) is 3. The number of likely N-dealkylation sites (tertiary alicyclic amines) is 1. The van der Waals surface area contributed by atoms with Crippen molar-refractivity contribution in [2.75, 3.05) is 13.1 Å². The fourth-order valence-corrected chi connectivity index (χ4v) is 1.89. The summed E-state index contributed by atoms with van der Waals surface area (Å²) in [4.78, 5) is 6.31. The molecule has 0 spiro atoms. The number of hydrogen-bond acceptors (Lipinski definition) is 5. The fourth-order valence-electron chi connectivity index (χ4n) is 1.89. The predicted molar refractivity (Wildman–Crippen MR) is 51.3 cm³/mol. The van der Waals surface area contributed by atoms with Gasteiger partial charge in [0.15, 0.2) is 6.33 Å². The summed E-state index contributed by atoms with van der Waals surface area (Å²) in [5, 5.41) is 3.58. The van der Waals surface area contributed by atoms with Gasteiger partial charge in [-0.1, -0.05) is 5.16 Å². The fraction of sp³-hybridized carbons (Fsp3) is 0.778. The highest BCUT2D eigenvalue weighted by atomic mass is 16.5. The lowest BCUT2D eigenvalue weighted by molar-refractivity contribution is 0.256. The van der Waals surface area contributed by atoms with Crippen molar-refractivity contribution < 1.29 is 4.52 Å². The van der Waals surface area contributed by atoms with Crippen LogP contribution in [0.25, 0.3) is 0 Å². The minimum absolute atomic E-state index is 0.280. The van der Waals surface area contributed by atoms with Crippen LogP contribution in [0.15, 0.2) is 10.9 Å². The van der Waals surface area contributed by atoms with E-state index in [2.05, 4.69) is 22.0 Å². The van der Waals surface area contributed by atoms with Gasteiger partial charge in [0, 0.05) is 12.6 Å². The molecule has 0 aromatic carbocycles. The van der Waals surface area contributed by atoms with Gasteiger partial charge in [-0.15, -0.1) is 0 Å². The van der Waals surface area contributed by atoms with E-state index in [-0.39, 0.29) is 6.04 Å². The Morgan fingerprint density at radius 3 is 3.21 bits per heavy atom. The Kier molecular flexibility index (Phi) is 2.79. The van der Waals surface area contributed by atoms with Gasteiger partial charge >= 0.3 is 0 Å². The Balaban J connectivity index is 1.84. The normalized spacial score (nSPS) is 25.4. The molecular weight excluding hydrogens is 180 g/mol. The van der Waals surface area contributed by atoms with Gasteiger partial charge in [-0.3, -0.25) is 4.90 Å². The highest BCUT2D eigenvalue weighted by Crippen LogP contribution is 2.19. The second-order valence-electron chi connectivity index (χ2n) is 3.98. The van der Waals surface area contributed by atoms with Crippen LogP contribution in [0.5, 0.6) is 0 Å². The monoisotopic (exact) mass is 196 g/mol. The number of nitrogens with two attached hydrogens (primary N) is 1. The Bertz CT molecular complexity index is 272. The Hall–Kier alpha value is -0.940. The van der Waals surface area contributed by atoms with E-state index >= 15 is 0 Å². The Morgan fingerprint density at radius 1 is 1.79 bits per heavy atom. The van der Waals surface area contributed by atoms with Crippen LogP contribution in [0.1, 0.15) is 19.2 Å². The molecule has 1 aromatic heterocycles. The first-order valence-corrected chi connectivity index (χ1v) is 4.99. The third kappa shape index (κ3) is 2.10. The van der Waals surface area contributed by atoms with Gasteiger partial charge in [0.25, 0.3) is 0 Å². The molecule has 1 saturated heterocycles. The van der Waals surface area contributed by atoms with Crippen molar-refractivity contribution in [3.05, 3.63) is 12.2 Å². The summed E-state index contributed by atoms with van der Waals surface area (Å²) in [6, 6.07) is 0.280. The van der Waals surface area contributed by atoms with Gasteiger partial charge in [0.2, 0.25) is 5.89 Å². The van der Waals surface area contributed by atoms with Crippen molar-refractivity contribution in [1.29, 1.82) is 0 Å². The maximum Gasteiger partial charge on any atom is 0.240 e. The van der Waals surface area contributed by atoms with Crippen molar-refractivity contribution in [1.82, 2.24) is 15.0 Å². The Labute approximate surface area is 83.3 Å². The molecule has 2 N–H and O–H groups in total. The molecule has 0 amide bonds. The van der Waals surface area contributed by atoms with E-state index in [1.807, 2.05) is 0 Å². The second-order valence-corrected chi connectivity index (χ2v) is 3.98. The first kappa shape index (κ1) is 9.61. The molecular formula is C9H16N4O. The van der Waals surface area contributed by atoms with E-state index in [9.17, 15) is 0 Å². The highest BCUT2D eigenvalue weighted by Gasteiger charge is 2.25. The summed E-state index contributed by atoms with van der Waals surface area (Å²) in [5.41, 5.74) is 5.86. The Morgan fingerprint density at radius 2 is 2.64 bits per heavy atom. The topological polar surface area (TPSA) is 68.2 Å². The lowest BCUT2D eigenvalue weighted by atomic mass is 10.0. The smallest absolute Gasteiger partial charge is 0.240 e. The van der Waals surface area contributed by atoms with Crippen LogP contribution in [0.2, 0.25) is 0 Å². The van der Waals surface area contributed by atoms with Gasteiger partial charge in [0.1, 0.15) is 0 Å². The molecule has 1 aliphatic rings. The molecule has 1 aromatic rings. The molecule has 5 nitrogen and oxygen atoms in total. The van der Waals surface area contributed by atoms with E-state index in [4.69, 9.17) is 10.3 Å². The number of rotatable bonds is 3. The van der Waals surface area contributed by atoms with Crippen LogP contribution < -0.4 is 5.73 Å². The average molecular weight is 196 g/mol. The summed E-state index contributed by atoms with van der Waals surface area (Å²) < 4.78 is 4.96. The number of aromatic nitrogens is 2. The maximum absolute atomic E-state index is 5.86. The summed E-state index contributed by atoms with van der Waals surface area (Å²) in [5.74, 6) is 1.30. The molecule has 14 heavy (non-hydrogen) atoms. The average Bonchev–Trinajstić information content (AvgIpc) is 2.75. The van der Waals surface area contributed by atoms with Crippen LogP contribution in [0.4, 0.5) is 0 Å². The van der Waals surface area contributed by atoms with Gasteiger partial charge in [-0.25, -0.2) is 0 Å². The second kappa shape index (κ2) is 4.06. The zero-order valence-corrected chi connectivity index (χ0v) is 8.39. The highest BCUT2D eigenvalue weighted by molar-refractivity contribution is 4.84. The van der Waals surface area contributed by atoms with Crippen molar-refractivity contribution in [2.24, 2.45) is 11.7 Å². The third-order valence-corrected chi connectivity index (χ3v) is 2.82. The van der Waals surface area contributed by atoms with E-state index in [1.165, 1.54) is 12.7 Å². The van der Waals surface area contributed by atoms with E-state index in [0.29, 0.717) is 11.8 Å². The summed E-state index contributed by atoms with van der Waals surface area (Å²) in [6.45, 7) is 4.94. The standard InChI is InChI=1S/C9H16N4O/c1-7(10)8-2-3-13(4-8)5-9-11-6-12-14-9/h6-8H,2-5,10H2,1H3. The number of hydrogen-bond donors (Lipinski definition) is 1. The van der Waals surface area contributed by atoms with E-state index < -0.39 is 0 Å². The van der Waals surface area contributed by atoms with Crippen molar-refractivity contribution in [2.45, 2.75) is 25.9 Å². The maximum atomic E-state index is 5.86. The predicted octanol–water partition coefficient (Wildman–Crippen LogP) is 0.239. The molecule has 0 radical (unpaired) electrons. The van der Waals surface area contributed by atoms with Crippen molar-refractivity contribution in [3.8, 4) is 0 Å². The third-order valence-electron chi connectivity index (χ3n) is 2.82. The SMILES string of the molecule is CC(N)C1CCN(Cc2ncno2)C1. The summed E-state index contributed by atoms with van der Waals surface area (Å²) in [6.07, 6.45) is 2.61. The molecule has 5 heteroatoms. The summed E-state index contributed by atoms with van der Waals surface area (Å²) >= 11 is 0. The van der Waals surface area contributed by atoms with Crippen molar-refractivity contribution >= 4 is 0 Å². The molecule has 2 atom stereocenters. The van der Waals surface area contributed by atoms with Crippen LogP contribution >= 0.6 is 0 Å². The first-order valence-electron chi connectivity index (χ1n) is 4.99. The lowest BCUT2D eigenvalue weighted by Crippen LogP contribution is -2.29. The molecule has 2 heterocycles. The van der Waals surface area contributed by atoms with Crippen LogP contribution in [0, 0.1) is 5.92 Å². The lowest BCUT2D eigenvalue weighted by Gasteiger charge is -2.15. The molecule has 1 aliphatic heterocycles. The van der Waals surface area contributed by atoms with Gasteiger partial charge in [0.05, 0.1) is 6.54 Å². The first-order chi connectivity index (χ1) is 6.75. The van der Waals surface area contributed by atoms with Crippen LogP contribution in [0.3, 0.4) is 0 Å².